The number of H-pyrrole nitrogens is 1. The van der Waals surface area contributed by atoms with E-state index in [1.165, 1.54) is 0 Å². The van der Waals surface area contributed by atoms with Gasteiger partial charge in [-0.05, 0) is 25.1 Å². The highest BCUT2D eigenvalue weighted by molar-refractivity contribution is 7.71. The molecule has 1 N–H and O–H groups in total. The summed E-state index contributed by atoms with van der Waals surface area (Å²) >= 11 is 5.15. The minimum Gasteiger partial charge on any atom is -0.337 e. The van der Waals surface area contributed by atoms with E-state index >= 15 is 0 Å². The molecule has 0 aliphatic carbocycles. The average Bonchev–Trinajstić information content (AvgIpc) is 2.53. The molecule has 0 radical (unpaired) electrons. The Morgan fingerprint density at radius 1 is 1.22 bits per heavy atom. The summed E-state index contributed by atoms with van der Waals surface area (Å²) in [5.41, 5.74) is 0.955. The highest BCUT2D eigenvalue weighted by Gasteiger charge is 2.26. The van der Waals surface area contributed by atoms with Gasteiger partial charge in [0, 0.05) is 30.3 Å². The zero-order valence-corrected chi connectivity index (χ0v) is 11.7. The number of rotatable bonds is 4. The molecule has 0 aliphatic heterocycles. The first-order valence-corrected chi connectivity index (χ1v) is 6.37. The number of aromatic amines is 1. The number of hydrogen-bond donors (Lipinski definition) is 1. The van der Waals surface area contributed by atoms with E-state index < -0.39 is 12.6 Å². The Morgan fingerprint density at radius 3 is 2.33 bits per heavy atom. The van der Waals surface area contributed by atoms with Gasteiger partial charge in [0.1, 0.15) is 0 Å². The molecule has 0 unspecified atom stereocenters. The molecule has 0 spiro atoms. The summed E-state index contributed by atoms with van der Waals surface area (Å²) in [6, 6.07) is 0. The van der Waals surface area contributed by atoms with Gasteiger partial charge in [-0.15, -0.1) is 0 Å². The molecule has 1 rings (SSSR count). The van der Waals surface area contributed by atoms with Crippen molar-refractivity contribution < 1.29 is 13.2 Å². The summed E-state index contributed by atoms with van der Waals surface area (Å²) < 4.78 is 38.6. The van der Waals surface area contributed by atoms with Crippen molar-refractivity contribution in [1.29, 1.82) is 0 Å². The van der Waals surface area contributed by atoms with Gasteiger partial charge in [-0.1, -0.05) is 20.8 Å². The van der Waals surface area contributed by atoms with Crippen LogP contribution in [0.5, 0.6) is 0 Å². The third-order valence-electron chi connectivity index (χ3n) is 2.73. The fourth-order valence-corrected chi connectivity index (χ4v) is 2.08. The first-order valence-electron chi connectivity index (χ1n) is 5.97. The lowest BCUT2D eigenvalue weighted by Gasteiger charge is -2.20. The summed E-state index contributed by atoms with van der Waals surface area (Å²) in [6.45, 7) is 6.69. The van der Waals surface area contributed by atoms with Gasteiger partial charge in [0.15, 0.2) is 4.77 Å². The smallest absolute Gasteiger partial charge is 0.337 e. The lowest BCUT2D eigenvalue weighted by Crippen LogP contribution is -2.18. The largest absolute Gasteiger partial charge is 0.389 e. The normalized spacial score (nSPS) is 13.0. The van der Waals surface area contributed by atoms with Crippen LogP contribution in [0.25, 0.3) is 0 Å². The van der Waals surface area contributed by atoms with Crippen LogP contribution in [-0.2, 0) is 12.0 Å². The number of hydrogen-bond acceptors (Lipinski definition) is 1. The van der Waals surface area contributed by atoms with Gasteiger partial charge < -0.3 is 9.55 Å². The molecule has 1 heterocycles. The second kappa shape index (κ2) is 5.47. The Bertz CT molecular complexity index is 437. The molecule has 18 heavy (non-hydrogen) atoms. The standard InChI is InChI=1S/C12H19F3N2S/c1-11(2,3)9-8-16-10(18)17(9)7-5-4-6-12(13,14)15/h8H,4-7H2,1-3H3,(H,16,18). The van der Waals surface area contributed by atoms with Crippen molar-refractivity contribution in [3.63, 3.8) is 0 Å². The molecule has 0 fully saturated rings. The third kappa shape index (κ3) is 4.48. The lowest BCUT2D eigenvalue weighted by atomic mass is 9.92. The topological polar surface area (TPSA) is 20.7 Å². The first-order chi connectivity index (χ1) is 8.11. The van der Waals surface area contributed by atoms with E-state index in [0.717, 1.165) is 5.69 Å². The van der Waals surface area contributed by atoms with Gasteiger partial charge in [-0.3, -0.25) is 0 Å². The molecule has 0 aromatic carbocycles. The number of unbranched alkanes of at least 4 members (excludes halogenated alkanes) is 1. The summed E-state index contributed by atoms with van der Waals surface area (Å²) in [6.07, 6.45) is -2.33. The molecule has 2 nitrogen and oxygen atoms in total. The second-order valence-electron chi connectivity index (χ2n) is 5.45. The lowest BCUT2D eigenvalue weighted by molar-refractivity contribution is -0.135. The minimum absolute atomic E-state index is 0.0718. The molecule has 0 aliphatic rings. The number of nitrogens with zero attached hydrogens (tertiary/aromatic N) is 1. The van der Waals surface area contributed by atoms with Gasteiger partial charge in [0.2, 0.25) is 0 Å². The van der Waals surface area contributed by atoms with Gasteiger partial charge in [-0.25, -0.2) is 0 Å². The fraction of sp³-hybridized carbons (Fsp3) is 0.750. The predicted molar refractivity (Wildman–Crippen MR) is 68.2 cm³/mol. The van der Waals surface area contributed by atoms with Gasteiger partial charge in [0.05, 0.1) is 0 Å². The van der Waals surface area contributed by atoms with Crippen molar-refractivity contribution in [1.82, 2.24) is 9.55 Å². The fourth-order valence-electron chi connectivity index (χ4n) is 1.83. The zero-order valence-electron chi connectivity index (χ0n) is 10.9. The Balaban J connectivity index is 2.63. The van der Waals surface area contributed by atoms with E-state index in [9.17, 15) is 13.2 Å². The van der Waals surface area contributed by atoms with Gasteiger partial charge in [-0.2, -0.15) is 13.2 Å². The van der Waals surface area contributed by atoms with Crippen molar-refractivity contribution in [2.75, 3.05) is 0 Å². The maximum Gasteiger partial charge on any atom is 0.389 e. The van der Waals surface area contributed by atoms with Gasteiger partial charge in [0.25, 0.3) is 0 Å². The average molecular weight is 280 g/mol. The molecule has 1 aromatic rings. The van der Waals surface area contributed by atoms with E-state index in [2.05, 4.69) is 25.8 Å². The molecule has 0 bridgehead atoms. The Kier molecular flexibility index (Phi) is 4.64. The van der Waals surface area contributed by atoms with Crippen LogP contribution in [0, 0.1) is 4.77 Å². The van der Waals surface area contributed by atoms with Crippen molar-refractivity contribution in [3.8, 4) is 0 Å². The number of nitrogens with one attached hydrogen (secondary N) is 1. The second-order valence-corrected chi connectivity index (χ2v) is 5.84. The summed E-state index contributed by atoms with van der Waals surface area (Å²) in [5, 5.41) is 0. The molecule has 0 saturated carbocycles. The zero-order chi connectivity index (χ0) is 14.0. The van der Waals surface area contributed by atoms with Crippen LogP contribution in [0.4, 0.5) is 13.2 Å². The van der Waals surface area contributed by atoms with Crippen molar-refractivity contribution >= 4 is 12.2 Å². The van der Waals surface area contributed by atoms with Crippen molar-refractivity contribution in [2.45, 2.75) is 58.2 Å². The maximum absolute atomic E-state index is 12.0. The molecule has 104 valence electrons. The van der Waals surface area contributed by atoms with Crippen molar-refractivity contribution in [3.05, 3.63) is 16.7 Å². The SMILES string of the molecule is CC(C)(C)c1c[nH]c(=S)n1CCCCC(F)(F)F. The van der Waals surface area contributed by atoms with Crippen LogP contribution in [-0.4, -0.2) is 15.7 Å². The van der Waals surface area contributed by atoms with Crippen LogP contribution in [0.2, 0.25) is 0 Å². The number of halogens is 3. The number of imidazole rings is 1. The van der Waals surface area contributed by atoms with E-state index in [1.54, 1.807) is 0 Å². The molecule has 6 heteroatoms. The Morgan fingerprint density at radius 2 is 1.83 bits per heavy atom. The monoisotopic (exact) mass is 280 g/mol. The Hall–Kier alpha value is -0.780. The molecule has 0 atom stereocenters. The molecule has 0 amide bonds. The number of aromatic nitrogens is 2. The number of alkyl halides is 3. The van der Waals surface area contributed by atoms with E-state index in [0.29, 0.717) is 17.7 Å². The van der Waals surface area contributed by atoms with Crippen LogP contribution >= 0.6 is 12.2 Å². The van der Waals surface area contributed by atoms with Crippen molar-refractivity contribution in [2.24, 2.45) is 0 Å². The summed E-state index contributed by atoms with van der Waals surface area (Å²) in [4.78, 5) is 2.96. The Labute approximate surface area is 110 Å². The highest BCUT2D eigenvalue weighted by atomic mass is 32.1. The van der Waals surface area contributed by atoms with Crippen LogP contribution in [0.1, 0.15) is 45.7 Å². The van der Waals surface area contributed by atoms with Crippen LogP contribution in [0.15, 0.2) is 6.20 Å². The third-order valence-corrected chi connectivity index (χ3v) is 3.07. The predicted octanol–water partition coefficient (Wildman–Crippen LogP) is 4.58. The summed E-state index contributed by atoms with van der Waals surface area (Å²) in [5.74, 6) is 0. The van der Waals surface area contributed by atoms with Crippen LogP contribution < -0.4 is 0 Å². The molecule has 1 aromatic heterocycles. The molecular weight excluding hydrogens is 261 g/mol. The van der Waals surface area contributed by atoms with Crippen LogP contribution in [0.3, 0.4) is 0 Å². The quantitative estimate of drug-likeness (QED) is 0.632. The first kappa shape index (κ1) is 15.3. The van der Waals surface area contributed by atoms with E-state index in [1.807, 2.05) is 10.8 Å². The highest BCUT2D eigenvalue weighted by Crippen LogP contribution is 2.25. The maximum atomic E-state index is 12.0. The molecule has 0 saturated heterocycles. The van der Waals surface area contributed by atoms with Gasteiger partial charge >= 0.3 is 6.18 Å². The van der Waals surface area contributed by atoms with E-state index in [4.69, 9.17) is 12.2 Å². The molecular formula is C12H19F3N2S. The minimum atomic E-state index is -4.06. The summed E-state index contributed by atoms with van der Waals surface area (Å²) in [7, 11) is 0. The van der Waals surface area contributed by atoms with E-state index in [-0.39, 0.29) is 11.8 Å².